The lowest BCUT2D eigenvalue weighted by molar-refractivity contribution is 0.101. The number of aryl methyl sites for hydroxylation is 1. The fourth-order valence-corrected chi connectivity index (χ4v) is 4.34. The van der Waals surface area contributed by atoms with Crippen molar-refractivity contribution in [1.82, 2.24) is 9.47 Å². The van der Waals surface area contributed by atoms with Crippen LogP contribution in [-0.2, 0) is 6.54 Å². The van der Waals surface area contributed by atoms with Gasteiger partial charge in [-0.3, -0.25) is 9.69 Å². The molecule has 1 aliphatic heterocycles. The average Bonchev–Trinajstić information content (AvgIpc) is 3.24. The predicted octanol–water partition coefficient (Wildman–Crippen LogP) is 4.75. The van der Waals surface area contributed by atoms with Gasteiger partial charge in [-0.25, -0.2) is 0 Å². The zero-order valence-corrected chi connectivity index (χ0v) is 16.2. The van der Waals surface area contributed by atoms with Crippen molar-refractivity contribution in [3.8, 4) is 11.4 Å². The van der Waals surface area contributed by atoms with E-state index in [2.05, 4.69) is 40.7 Å². The zero-order chi connectivity index (χ0) is 19.1. The lowest BCUT2D eigenvalue weighted by atomic mass is 10.0. The van der Waals surface area contributed by atoms with Crippen molar-refractivity contribution in [2.45, 2.75) is 40.2 Å². The largest absolute Gasteiger partial charge is 0.508 e. The summed E-state index contributed by atoms with van der Waals surface area (Å²) in [6.07, 6.45) is 2.39. The molecule has 0 spiro atoms. The molecule has 0 radical (unpaired) electrons. The molecular weight excluding hydrogens is 336 g/mol. The summed E-state index contributed by atoms with van der Waals surface area (Å²) in [5, 5.41) is 11.5. The Morgan fingerprint density at radius 1 is 1.04 bits per heavy atom. The van der Waals surface area contributed by atoms with Crippen LogP contribution in [0.5, 0.6) is 5.75 Å². The van der Waals surface area contributed by atoms with E-state index in [1.807, 2.05) is 13.0 Å². The number of carbonyl (C=O) groups excluding carboxylic acids is 1. The third-order valence-electron chi connectivity index (χ3n) is 5.68. The van der Waals surface area contributed by atoms with Gasteiger partial charge in [-0.15, -0.1) is 0 Å². The van der Waals surface area contributed by atoms with Crippen LogP contribution < -0.4 is 0 Å². The van der Waals surface area contributed by atoms with Crippen LogP contribution in [0, 0.1) is 13.8 Å². The molecule has 0 bridgehead atoms. The van der Waals surface area contributed by atoms with Crippen molar-refractivity contribution >= 4 is 16.7 Å². The molecule has 4 heteroatoms. The van der Waals surface area contributed by atoms with E-state index >= 15 is 0 Å². The zero-order valence-electron chi connectivity index (χ0n) is 16.2. The second-order valence-electron chi connectivity index (χ2n) is 7.63. The van der Waals surface area contributed by atoms with Crippen LogP contribution in [-0.4, -0.2) is 33.4 Å². The van der Waals surface area contributed by atoms with Gasteiger partial charge in [-0.2, -0.15) is 0 Å². The van der Waals surface area contributed by atoms with E-state index in [9.17, 15) is 9.90 Å². The van der Waals surface area contributed by atoms with Gasteiger partial charge in [0.1, 0.15) is 5.75 Å². The maximum Gasteiger partial charge on any atom is 0.162 e. The first-order chi connectivity index (χ1) is 13.0. The number of ketones is 1. The van der Waals surface area contributed by atoms with E-state index in [4.69, 9.17) is 0 Å². The number of aromatic nitrogens is 1. The first kappa shape index (κ1) is 17.8. The molecule has 27 heavy (non-hydrogen) atoms. The Kier molecular flexibility index (Phi) is 4.52. The third-order valence-corrected chi connectivity index (χ3v) is 5.68. The van der Waals surface area contributed by atoms with E-state index < -0.39 is 0 Å². The first-order valence-electron chi connectivity index (χ1n) is 9.63. The van der Waals surface area contributed by atoms with Crippen molar-refractivity contribution in [3.63, 3.8) is 0 Å². The molecule has 0 atom stereocenters. The van der Waals surface area contributed by atoms with Crippen LogP contribution in [0.3, 0.4) is 0 Å². The summed E-state index contributed by atoms with van der Waals surface area (Å²) in [6, 6.07) is 12.0. The van der Waals surface area contributed by atoms with Crippen LogP contribution in [0.25, 0.3) is 16.6 Å². The number of benzene rings is 2. The number of carbonyl (C=O) groups is 1. The lowest BCUT2D eigenvalue weighted by Gasteiger charge is -2.17. The molecule has 2 aromatic carbocycles. The number of rotatable bonds is 4. The monoisotopic (exact) mass is 362 g/mol. The Labute approximate surface area is 160 Å². The number of phenolic OH excluding ortho intramolecular Hbond substituents is 1. The van der Waals surface area contributed by atoms with Gasteiger partial charge in [0.25, 0.3) is 0 Å². The molecule has 0 saturated carbocycles. The Bertz CT molecular complexity index is 1010. The molecule has 0 amide bonds. The molecule has 0 aliphatic carbocycles. The smallest absolute Gasteiger partial charge is 0.162 e. The minimum atomic E-state index is 0.0385. The van der Waals surface area contributed by atoms with Crippen LogP contribution >= 0.6 is 0 Å². The normalized spacial score (nSPS) is 14.9. The minimum Gasteiger partial charge on any atom is -0.508 e. The molecule has 3 aromatic rings. The molecular formula is C23H26N2O2. The minimum absolute atomic E-state index is 0.0385. The summed E-state index contributed by atoms with van der Waals surface area (Å²) in [4.78, 5) is 14.9. The first-order valence-corrected chi connectivity index (χ1v) is 9.63. The van der Waals surface area contributed by atoms with Gasteiger partial charge in [-0.1, -0.05) is 17.7 Å². The lowest BCUT2D eigenvalue weighted by Crippen LogP contribution is -2.18. The highest BCUT2D eigenvalue weighted by Gasteiger charge is 2.24. The van der Waals surface area contributed by atoms with Crippen molar-refractivity contribution in [1.29, 1.82) is 0 Å². The van der Waals surface area contributed by atoms with Crippen molar-refractivity contribution < 1.29 is 9.90 Å². The van der Waals surface area contributed by atoms with Gasteiger partial charge < -0.3 is 9.67 Å². The molecule has 1 aliphatic rings. The molecule has 2 heterocycles. The summed E-state index contributed by atoms with van der Waals surface area (Å²) in [6.45, 7) is 8.45. The number of aromatic hydroxyl groups is 1. The van der Waals surface area contributed by atoms with Gasteiger partial charge in [0.15, 0.2) is 5.78 Å². The van der Waals surface area contributed by atoms with Crippen molar-refractivity contribution in [2.75, 3.05) is 13.1 Å². The molecule has 1 fully saturated rings. The van der Waals surface area contributed by atoms with Crippen LogP contribution in [0.1, 0.15) is 46.9 Å². The van der Waals surface area contributed by atoms with E-state index in [0.717, 1.165) is 46.5 Å². The van der Waals surface area contributed by atoms with Crippen molar-refractivity contribution in [2.24, 2.45) is 0 Å². The van der Waals surface area contributed by atoms with Gasteiger partial charge in [0.2, 0.25) is 0 Å². The molecule has 0 unspecified atom stereocenters. The van der Waals surface area contributed by atoms with E-state index in [0.29, 0.717) is 6.54 Å². The van der Waals surface area contributed by atoms with E-state index in [-0.39, 0.29) is 11.5 Å². The molecule has 1 aromatic heterocycles. The second kappa shape index (κ2) is 6.86. The SMILES string of the molecule is CC(=O)c1c(C)n(-c2ccc(C)cc2)c2ccc(O)c(CN3CCCC3)c12. The topological polar surface area (TPSA) is 45.5 Å². The summed E-state index contributed by atoms with van der Waals surface area (Å²) >= 11 is 0. The number of hydrogen-bond donors (Lipinski definition) is 1. The summed E-state index contributed by atoms with van der Waals surface area (Å²) in [7, 11) is 0. The Balaban J connectivity index is 1.99. The Morgan fingerprint density at radius 2 is 1.70 bits per heavy atom. The van der Waals surface area contributed by atoms with Crippen LogP contribution in [0.15, 0.2) is 36.4 Å². The molecule has 140 valence electrons. The highest BCUT2D eigenvalue weighted by Crippen LogP contribution is 2.37. The molecule has 4 nitrogen and oxygen atoms in total. The van der Waals surface area contributed by atoms with E-state index in [1.165, 1.54) is 18.4 Å². The molecule has 4 rings (SSSR count). The fourth-order valence-electron chi connectivity index (χ4n) is 4.34. The summed E-state index contributed by atoms with van der Waals surface area (Å²) < 4.78 is 2.14. The average molecular weight is 362 g/mol. The van der Waals surface area contributed by atoms with Gasteiger partial charge in [0, 0.05) is 34.4 Å². The van der Waals surface area contributed by atoms with Gasteiger partial charge >= 0.3 is 0 Å². The number of phenols is 1. The van der Waals surface area contributed by atoms with E-state index in [1.54, 1.807) is 13.0 Å². The highest BCUT2D eigenvalue weighted by molar-refractivity contribution is 6.10. The third kappa shape index (κ3) is 3.04. The maximum atomic E-state index is 12.6. The molecule has 1 saturated heterocycles. The van der Waals surface area contributed by atoms with Crippen molar-refractivity contribution in [3.05, 3.63) is 58.8 Å². The van der Waals surface area contributed by atoms with Gasteiger partial charge in [-0.05, 0) is 71.0 Å². The van der Waals surface area contributed by atoms with Crippen LogP contribution in [0.2, 0.25) is 0 Å². The number of likely N-dealkylation sites (tertiary alicyclic amines) is 1. The maximum absolute atomic E-state index is 12.6. The Morgan fingerprint density at radius 3 is 2.33 bits per heavy atom. The fraction of sp³-hybridized carbons (Fsp3) is 0.348. The standard InChI is InChI=1S/C23H26N2O2/c1-15-6-8-18(9-7-15)25-16(2)22(17(3)26)23-19(14-24-12-4-5-13-24)21(27)11-10-20(23)25/h6-11,27H,4-5,12-14H2,1-3H3. The quantitative estimate of drug-likeness (QED) is 0.681. The number of hydrogen-bond acceptors (Lipinski definition) is 3. The predicted molar refractivity (Wildman–Crippen MR) is 109 cm³/mol. The second-order valence-corrected chi connectivity index (χ2v) is 7.63. The highest BCUT2D eigenvalue weighted by atomic mass is 16.3. The number of fused-ring (bicyclic) bond motifs is 1. The van der Waals surface area contributed by atoms with Gasteiger partial charge in [0.05, 0.1) is 5.52 Å². The summed E-state index contributed by atoms with van der Waals surface area (Å²) in [5.74, 6) is 0.314. The number of nitrogens with zero attached hydrogens (tertiary/aromatic N) is 2. The number of Topliss-reactive ketones (excluding diaryl/α,β-unsaturated/α-hetero) is 1. The molecule has 1 N–H and O–H groups in total. The Hall–Kier alpha value is -2.59. The van der Waals surface area contributed by atoms with Crippen LogP contribution in [0.4, 0.5) is 0 Å². The summed E-state index contributed by atoms with van der Waals surface area (Å²) in [5.41, 5.74) is 5.73.